The van der Waals surface area contributed by atoms with E-state index in [1.165, 1.54) is 5.56 Å². The third-order valence-corrected chi connectivity index (χ3v) is 3.84. The molecule has 19 heavy (non-hydrogen) atoms. The molecule has 0 saturated carbocycles. The molecule has 0 aromatic heterocycles. The molecule has 2 N–H and O–H groups in total. The molecule has 1 atom stereocenters. The summed E-state index contributed by atoms with van der Waals surface area (Å²) >= 11 is 3.47. The maximum Gasteiger partial charge on any atom is 0.121 e. The number of nitrogens with two attached hydrogens (primary N) is 1. The Balaban J connectivity index is 2.38. The zero-order valence-electron chi connectivity index (χ0n) is 11.4. The molecule has 3 heteroatoms. The molecule has 0 fully saturated rings. The lowest BCUT2D eigenvalue weighted by atomic mass is 9.95. The molecule has 0 aliphatic rings. The van der Waals surface area contributed by atoms with E-state index in [-0.39, 0.29) is 6.04 Å². The standard InChI is InChI=1S/C16H18BrNO/c1-10-9-13(17)5-6-14(10)16(18)12-4-7-15(19-3)11(2)8-12/h4-9,16H,18H2,1-3H3. The van der Waals surface area contributed by atoms with Gasteiger partial charge in [-0.2, -0.15) is 0 Å². The van der Waals surface area contributed by atoms with Gasteiger partial charge in [-0.25, -0.2) is 0 Å². The second-order valence-electron chi connectivity index (χ2n) is 4.71. The third kappa shape index (κ3) is 2.99. The van der Waals surface area contributed by atoms with Crippen molar-refractivity contribution < 1.29 is 4.74 Å². The minimum Gasteiger partial charge on any atom is -0.496 e. The van der Waals surface area contributed by atoms with Gasteiger partial charge in [-0.1, -0.05) is 34.1 Å². The van der Waals surface area contributed by atoms with Gasteiger partial charge in [0, 0.05) is 4.47 Å². The van der Waals surface area contributed by atoms with Gasteiger partial charge in [0.25, 0.3) is 0 Å². The second kappa shape index (κ2) is 5.76. The summed E-state index contributed by atoms with van der Waals surface area (Å²) in [6.45, 7) is 4.11. The predicted molar refractivity (Wildman–Crippen MR) is 82.6 cm³/mol. The van der Waals surface area contributed by atoms with Crippen molar-refractivity contribution in [1.29, 1.82) is 0 Å². The monoisotopic (exact) mass is 319 g/mol. The summed E-state index contributed by atoms with van der Waals surface area (Å²) in [4.78, 5) is 0. The average molecular weight is 320 g/mol. The first kappa shape index (κ1) is 14.1. The van der Waals surface area contributed by atoms with E-state index in [0.29, 0.717) is 0 Å². The molecule has 0 saturated heterocycles. The quantitative estimate of drug-likeness (QED) is 0.923. The van der Waals surface area contributed by atoms with Crippen LogP contribution in [-0.4, -0.2) is 7.11 Å². The average Bonchev–Trinajstić information content (AvgIpc) is 2.38. The van der Waals surface area contributed by atoms with Crippen molar-refractivity contribution in [3.05, 3.63) is 63.1 Å². The number of ether oxygens (including phenoxy) is 1. The maximum absolute atomic E-state index is 6.37. The first-order valence-corrected chi connectivity index (χ1v) is 6.98. The van der Waals surface area contributed by atoms with Gasteiger partial charge in [0.2, 0.25) is 0 Å². The summed E-state index contributed by atoms with van der Waals surface area (Å²) in [6, 6.07) is 12.2. The molecule has 2 rings (SSSR count). The van der Waals surface area contributed by atoms with E-state index in [2.05, 4.69) is 41.1 Å². The van der Waals surface area contributed by atoms with Gasteiger partial charge in [0.1, 0.15) is 5.75 Å². The molecule has 0 amide bonds. The van der Waals surface area contributed by atoms with Gasteiger partial charge in [-0.05, 0) is 54.3 Å². The summed E-state index contributed by atoms with van der Waals surface area (Å²) < 4.78 is 6.35. The highest BCUT2D eigenvalue weighted by atomic mass is 79.9. The van der Waals surface area contributed by atoms with Gasteiger partial charge in [0.15, 0.2) is 0 Å². The SMILES string of the molecule is COc1ccc(C(N)c2ccc(Br)cc2C)cc1C. The normalized spacial score (nSPS) is 12.3. The number of benzene rings is 2. The fraction of sp³-hybridized carbons (Fsp3) is 0.250. The van der Waals surface area contributed by atoms with Gasteiger partial charge in [-0.3, -0.25) is 0 Å². The zero-order chi connectivity index (χ0) is 14.0. The van der Waals surface area contributed by atoms with Crippen LogP contribution in [0.4, 0.5) is 0 Å². The summed E-state index contributed by atoms with van der Waals surface area (Å²) in [6.07, 6.45) is 0. The summed E-state index contributed by atoms with van der Waals surface area (Å²) in [7, 11) is 1.68. The minimum atomic E-state index is -0.113. The largest absolute Gasteiger partial charge is 0.496 e. The molecule has 1 unspecified atom stereocenters. The van der Waals surface area contributed by atoms with Gasteiger partial charge in [0.05, 0.1) is 13.2 Å². The Hall–Kier alpha value is -1.32. The van der Waals surface area contributed by atoms with Crippen LogP contribution in [0.15, 0.2) is 40.9 Å². The highest BCUT2D eigenvalue weighted by Gasteiger charge is 2.12. The van der Waals surface area contributed by atoms with Crippen molar-refractivity contribution in [2.24, 2.45) is 5.73 Å². The summed E-state index contributed by atoms with van der Waals surface area (Å²) in [5.74, 6) is 0.892. The topological polar surface area (TPSA) is 35.2 Å². The van der Waals surface area contributed by atoms with Crippen LogP contribution in [0.5, 0.6) is 5.75 Å². The molecule has 0 radical (unpaired) electrons. The van der Waals surface area contributed by atoms with Crippen LogP contribution in [0.1, 0.15) is 28.3 Å². The first-order valence-electron chi connectivity index (χ1n) is 6.19. The molecule has 0 heterocycles. The van der Waals surface area contributed by atoms with E-state index in [4.69, 9.17) is 10.5 Å². The van der Waals surface area contributed by atoms with Crippen LogP contribution in [0, 0.1) is 13.8 Å². The fourth-order valence-electron chi connectivity index (χ4n) is 2.26. The number of hydrogen-bond donors (Lipinski definition) is 1. The predicted octanol–water partition coefficient (Wildman–Crippen LogP) is 4.12. The van der Waals surface area contributed by atoms with E-state index in [1.807, 2.05) is 25.1 Å². The van der Waals surface area contributed by atoms with Gasteiger partial charge >= 0.3 is 0 Å². The molecule has 0 bridgehead atoms. The number of rotatable bonds is 3. The molecule has 2 aromatic carbocycles. The lowest BCUT2D eigenvalue weighted by Gasteiger charge is -2.17. The lowest BCUT2D eigenvalue weighted by molar-refractivity contribution is 0.411. The number of aryl methyl sites for hydroxylation is 2. The van der Waals surface area contributed by atoms with E-state index in [0.717, 1.165) is 26.9 Å². The molecule has 2 aromatic rings. The van der Waals surface area contributed by atoms with Gasteiger partial charge < -0.3 is 10.5 Å². The van der Waals surface area contributed by atoms with E-state index in [9.17, 15) is 0 Å². The molecule has 0 aliphatic carbocycles. The fourth-order valence-corrected chi connectivity index (χ4v) is 2.74. The lowest BCUT2D eigenvalue weighted by Crippen LogP contribution is -2.13. The van der Waals surface area contributed by atoms with Crippen LogP contribution in [0.2, 0.25) is 0 Å². The molecular weight excluding hydrogens is 302 g/mol. The van der Waals surface area contributed by atoms with Crippen molar-refractivity contribution in [2.75, 3.05) is 7.11 Å². The summed E-state index contributed by atoms with van der Waals surface area (Å²) in [5.41, 5.74) is 10.9. The van der Waals surface area contributed by atoms with E-state index < -0.39 is 0 Å². The van der Waals surface area contributed by atoms with E-state index in [1.54, 1.807) is 7.11 Å². The van der Waals surface area contributed by atoms with Crippen molar-refractivity contribution >= 4 is 15.9 Å². The smallest absolute Gasteiger partial charge is 0.121 e. The molecule has 0 aliphatic heterocycles. The van der Waals surface area contributed by atoms with Crippen LogP contribution in [0.25, 0.3) is 0 Å². The first-order chi connectivity index (χ1) is 9.02. The van der Waals surface area contributed by atoms with Crippen molar-refractivity contribution in [1.82, 2.24) is 0 Å². The summed E-state index contributed by atoms with van der Waals surface area (Å²) in [5, 5.41) is 0. The highest BCUT2D eigenvalue weighted by Crippen LogP contribution is 2.28. The van der Waals surface area contributed by atoms with E-state index >= 15 is 0 Å². The Kier molecular flexibility index (Phi) is 4.27. The maximum atomic E-state index is 6.37. The Labute approximate surface area is 122 Å². The van der Waals surface area contributed by atoms with Crippen LogP contribution in [0.3, 0.4) is 0 Å². The van der Waals surface area contributed by atoms with Crippen molar-refractivity contribution in [3.63, 3.8) is 0 Å². The second-order valence-corrected chi connectivity index (χ2v) is 5.62. The molecule has 2 nitrogen and oxygen atoms in total. The Morgan fingerprint density at radius 3 is 2.37 bits per heavy atom. The van der Waals surface area contributed by atoms with Crippen LogP contribution in [-0.2, 0) is 0 Å². The Morgan fingerprint density at radius 1 is 1.05 bits per heavy atom. The molecule has 0 spiro atoms. The Bertz CT molecular complexity index is 595. The zero-order valence-corrected chi connectivity index (χ0v) is 13.0. The molecule has 100 valence electrons. The third-order valence-electron chi connectivity index (χ3n) is 3.34. The van der Waals surface area contributed by atoms with Crippen LogP contribution < -0.4 is 10.5 Å². The minimum absolute atomic E-state index is 0.113. The van der Waals surface area contributed by atoms with Crippen molar-refractivity contribution in [3.8, 4) is 5.75 Å². The Morgan fingerprint density at radius 2 is 1.79 bits per heavy atom. The van der Waals surface area contributed by atoms with Crippen molar-refractivity contribution in [2.45, 2.75) is 19.9 Å². The molecular formula is C16H18BrNO. The highest BCUT2D eigenvalue weighted by molar-refractivity contribution is 9.10. The van der Waals surface area contributed by atoms with Gasteiger partial charge in [-0.15, -0.1) is 0 Å². The van der Waals surface area contributed by atoms with Crippen LogP contribution >= 0.6 is 15.9 Å². The number of hydrogen-bond acceptors (Lipinski definition) is 2. The number of halogens is 1. The number of methoxy groups -OCH3 is 1.